The zero-order chi connectivity index (χ0) is 40.0. The lowest BCUT2D eigenvalue weighted by atomic mass is 9.90. The highest BCUT2D eigenvalue weighted by Gasteiger charge is 2.17. The van der Waals surface area contributed by atoms with Crippen molar-refractivity contribution >= 4 is 17.9 Å². The van der Waals surface area contributed by atoms with Crippen LogP contribution in [0.15, 0.2) is 0 Å². The van der Waals surface area contributed by atoms with Crippen molar-refractivity contribution < 1.29 is 28.6 Å². The maximum absolute atomic E-state index is 12.7. The Bertz CT molecular complexity index is 840. The van der Waals surface area contributed by atoms with Gasteiger partial charge in [0.1, 0.15) is 6.10 Å². The standard InChI is InChI=1S/C48H91NO6/c1-5-8-31-43-33-24-20-21-25-34-44(32-9-6-2)42-48(52)54-40-29-23-17-13-11-15-19-27-36-45(55-46(50)37-30-38-49(4)7-3)35-26-18-14-10-12-16-22-28-39-53-47(51)41-43/h43-45H,5-42H2,1-4H3. The van der Waals surface area contributed by atoms with Crippen molar-refractivity contribution in [3.63, 3.8) is 0 Å². The van der Waals surface area contributed by atoms with Gasteiger partial charge in [0.15, 0.2) is 0 Å². The van der Waals surface area contributed by atoms with E-state index in [1.165, 1.54) is 116 Å². The Hall–Kier alpha value is -1.63. The molecule has 7 heteroatoms. The zero-order valence-electron chi connectivity index (χ0n) is 37.0. The maximum Gasteiger partial charge on any atom is 0.306 e. The lowest BCUT2D eigenvalue weighted by molar-refractivity contribution is -0.150. The van der Waals surface area contributed by atoms with Crippen molar-refractivity contribution in [2.75, 3.05) is 33.4 Å². The van der Waals surface area contributed by atoms with Gasteiger partial charge in [0.05, 0.1) is 13.2 Å². The first-order chi connectivity index (χ1) is 26.9. The van der Waals surface area contributed by atoms with E-state index in [0.29, 0.717) is 44.3 Å². The fourth-order valence-electron chi connectivity index (χ4n) is 8.09. The molecule has 0 bridgehead atoms. The molecule has 0 N–H and O–H groups in total. The molecule has 0 saturated carbocycles. The van der Waals surface area contributed by atoms with Gasteiger partial charge in [0.25, 0.3) is 0 Å². The van der Waals surface area contributed by atoms with Crippen molar-refractivity contribution in [1.29, 1.82) is 0 Å². The minimum Gasteiger partial charge on any atom is -0.466 e. The Morgan fingerprint density at radius 1 is 0.564 bits per heavy atom. The molecule has 0 aliphatic carbocycles. The number of hydrogen-bond donors (Lipinski definition) is 0. The van der Waals surface area contributed by atoms with Crippen LogP contribution in [0.2, 0.25) is 0 Å². The number of hydrogen-bond acceptors (Lipinski definition) is 7. The van der Waals surface area contributed by atoms with Crippen molar-refractivity contribution in [1.82, 2.24) is 4.90 Å². The molecule has 0 aromatic carbocycles. The topological polar surface area (TPSA) is 82.1 Å². The number of cyclic esters (lactones) is 2. The van der Waals surface area contributed by atoms with Gasteiger partial charge in [0.2, 0.25) is 0 Å². The molecule has 1 aliphatic rings. The molecular formula is C48H91NO6. The van der Waals surface area contributed by atoms with Crippen molar-refractivity contribution in [3.8, 4) is 0 Å². The van der Waals surface area contributed by atoms with E-state index in [9.17, 15) is 14.4 Å². The third-order valence-corrected chi connectivity index (χ3v) is 11.9. The number of esters is 3. The highest BCUT2D eigenvalue weighted by Crippen LogP contribution is 2.25. The summed E-state index contributed by atoms with van der Waals surface area (Å²) in [5, 5.41) is 0. The normalized spacial score (nSPS) is 23.5. The zero-order valence-corrected chi connectivity index (χ0v) is 37.0. The summed E-state index contributed by atoms with van der Waals surface area (Å²) in [7, 11) is 2.10. The van der Waals surface area contributed by atoms with Crippen LogP contribution in [0, 0.1) is 11.8 Å². The Morgan fingerprint density at radius 3 is 1.35 bits per heavy atom. The van der Waals surface area contributed by atoms with Crippen LogP contribution in [0.5, 0.6) is 0 Å². The smallest absolute Gasteiger partial charge is 0.306 e. The first-order valence-electron chi connectivity index (χ1n) is 24.1. The van der Waals surface area contributed by atoms with Crippen LogP contribution in [0.4, 0.5) is 0 Å². The van der Waals surface area contributed by atoms with Gasteiger partial charge in [-0.3, -0.25) is 14.4 Å². The Kier molecular flexibility index (Phi) is 35.4. The second-order valence-electron chi connectivity index (χ2n) is 17.2. The van der Waals surface area contributed by atoms with Crippen molar-refractivity contribution in [2.45, 2.75) is 245 Å². The van der Waals surface area contributed by atoms with Crippen LogP contribution in [0.3, 0.4) is 0 Å². The molecule has 0 spiro atoms. The second kappa shape index (κ2) is 37.9. The molecule has 1 saturated heterocycles. The molecule has 55 heavy (non-hydrogen) atoms. The number of carbonyl (C=O) groups is 3. The van der Waals surface area contributed by atoms with Crippen LogP contribution in [-0.2, 0) is 28.6 Å². The van der Waals surface area contributed by atoms with E-state index in [4.69, 9.17) is 14.2 Å². The molecule has 0 aromatic heterocycles. The van der Waals surface area contributed by atoms with E-state index in [2.05, 4.69) is 32.7 Å². The molecule has 0 amide bonds. The number of rotatable bonds is 12. The lowest BCUT2D eigenvalue weighted by Crippen LogP contribution is -2.22. The molecule has 2 atom stereocenters. The van der Waals surface area contributed by atoms with Crippen LogP contribution >= 0.6 is 0 Å². The molecular weight excluding hydrogens is 687 g/mol. The molecule has 0 aromatic rings. The average Bonchev–Trinajstić information content (AvgIpc) is 3.17. The van der Waals surface area contributed by atoms with Crippen LogP contribution in [0.1, 0.15) is 239 Å². The van der Waals surface area contributed by atoms with E-state index in [1.54, 1.807) is 0 Å². The third kappa shape index (κ3) is 33.1. The van der Waals surface area contributed by atoms with E-state index < -0.39 is 0 Å². The predicted molar refractivity (Wildman–Crippen MR) is 230 cm³/mol. The van der Waals surface area contributed by atoms with Gasteiger partial charge in [-0.1, -0.05) is 149 Å². The van der Waals surface area contributed by atoms with Gasteiger partial charge >= 0.3 is 17.9 Å². The summed E-state index contributed by atoms with van der Waals surface area (Å²) < 4.78 is 17.4. The highest BCUT2D eigenvalue weighted by molar-refractivity contribution is 5.70. The van der Waals surface area contributed by atoms with E-state index in [1.807, 2.05) is 0 Å². The first-order valence-corrected chi connectivity index (χ1v) is 24.1. The fraction of sp³-hybridized carbons (Fsp3) is 0.938. The minimum absolute atomic E-state index is 0.00689. The molecule has 7 nitrogen and oxygen atoms in total. The largest absolute Gasteiger partial charge is 0.466 e. The quantitative estimate of drug-likeness (QED) is 0.144. The highest BCUT2D eigenvalue weighted by atomic mass is 16.5. The fourth-order valence-corrected chi connectivity index (χ4v) is 8.09. The summed E-state index contributed by atoms with van der Waals surface area (Å²) in [5.41, 5.74) is 0. The molecule has 2 unspecified atom stereocenters. The van der Waals surface area contributed by atoms with Crippen molar-refractivity contribution in [3.05, 3.63) is 0 Å². The Morgan fingerprint density at radius 2 is 0.945 bits per heavy atom. The summed E-state index contributed by atoms with van der Waals surface area (Å²) in [4.78, 5) is 40.4. The molecule has 0 radical (unpaired) electrons. The van der Waals surface area contributed by atoms with Crippen LogP contribution < -0.4 is 0 Å². The SMILES string of the molecule is CCCCC1CCCCCCC(CCCC)CC(=O)OCCCCCCCCCCC(OC(=O)CCCN(C)CC)CCCCCCCCCCOC(=O)C1. The summed E-state index contributed by atoms with van der Waals surface area (Å²) >= 11 is 0. The van der Waals surface area contributed by atoms with Crippen LogP contribution in [0.25, 0.3) is 0 Å². The maximum atomic E-state index is 12.7. The van der Waals surface area contributed by atoms with E-state index in [-0.39, 0.29) is 24.0 Å². The van der Waals surface area contributed by atoms with Gasteiger partial charge in [0, 0.05) is 19.3 Å². The van der Waals surface area contributed by atoms with Crippen LogP contribution in [-0.4, -0.2) is 62.3 Å². The molecule has 1 aliphatic heterocycles. The summed E-state index contributed by atoms with van der Waals surface area (Å²) in [5.74, 6) is 0.835. The third-order valence-electron chi connectivity index (χ3n) is 11.9. The Labute approximate surface area is 340 Å². The number of ether oxygens (including phenoxy) is 3. The number of nitrogens with zero attached hydrogens (tertiary/aromatic N) is 1. The van der Waals surface area contributed by atoms with E-state index >= 15 is 0 Å². The Balaban J connectivity index is 2.62. The summed E-state index contributed by atoms with van der Waals surface area (Å²) in [6.07, 6.45) is 37.1. The van der Waals surface area contributed by atoms with Gasteiger partial charge < -0.3 is 19.1 Å². The lowest BCUT2D eigenvalue weighted by Gasteiger charge is -2.19. The minimum atomic E-state index is -0.0249. The van der Waals surface area contributed by atoms with Gasteiger partial charge in [-0.15, -0.1) is 0 Å². The van der Waals surface area contributed by atoms with Gasteiger partial charge in [-0.25, -0.2) is 0 Å². The second-order valence-corrected chi connectivity index (χ2v) is 17.2. The first kappa shape index (κ1) is 51.4. The summed E-state index contributed by atoms with van der Waals surface area (Å²) in [6.45, 7) is 9.66. The van der Waals surface area contributed by atoms with Gasteiger partial charge in [-0.05, 0) is 103 Å². The molecule has 324 valence electrons. The number of carbonyl (C=O) groups excluding carboxylic acids is 3. The number of unbranched alkanes of at least 4 members (excludes halogenated alkanes) is 2. The average molecular weight is 778 g/mol. The van der Waals surface area contributed by atoms with Gasteiger partial charge in [-0.2, -0.15) is 0 Å². The molecule has 1 heterocycles. The molecule has 1 rings (SSSR count). The van der Waals surface area contributed by atoms with E-state index in [0.717, 1.165) is 96.6 Å². The summed E-state index contributed by atoms with van der Waals surface area (Å²) in [6, 6.07) is 0. The predicted octanol–water partition coefficient (Wildman–Crippen LogP) is 13.5. The monoisotopic (exact) mass is 778 g/mol. The van der Waals surface area contributed by atoms with Crippen molar-refractivity contribution in [2.24, 2.45) is 11.8 Å². The molecule has 1 fully saturated rings.